The van der Waals surface area contributed by atoms with Crippen molar-refractivity contribution < 1.29 is 24.6 Å². The highest BCUT2D eigenvalue weighted by Gasteiger charge is 2.01. The molecular weight excluding hydrogens is 304 g/mol. The summed E-state index contributed by atoms with van der Waals surface area (Å²) in [5.41, 5.74) is 0.728. The highest BCUT2D eigenvalue weighted by molar-refractivity contribution is 5.91. The molecule has 23 heavy (non-hydrogen) atoms. The zero-order chi connectivity index (χ0) is 17.1. The van der Waals surface area contributed by atoms with Crippen LogP contribution in [0.5, 0.6) is 11.5 Å². The number of phenolic OH excluding ortho intramolecular Hbond substituents is 1. The number of benzene rings is 1. The number of amides is 1. The summed E-state index contributed by atoms with van der Waals surface area (Å²) in [4.78, 5) is 25.7. The molecule has 0 aliphatic rings. The molecule has 8 heteroatoms. The van der Waals surface area contributed by atoms with Gasteiger partial charge in [0.25, 0.3) is 5.09 Å². The van der Waals surface area contributed by atoms with Crippen LogP contribution in [0.4, 0.5) is 0 Å². The third-order valence-electron chi connectivity index (χ3n) is 2.95. The SMILES string of the molecule is COc1cc(C=CC(=O)NCCCCCO[N+](=O)[O-])ccc1O. The summed E-state index contributed by atoms with van der Waals surface area (Å²) in [6.45, 7) is 0.560. The lowest BCUT2D eigenvalue weighted by molar-refractivity contribution is -0.757. The third kappa shape index (κ3) is 7.70. The Morgan fingerprint density at radius 2 is 2.17 bits per heavy atom. The van der Waals surface area contributed by atoms with E-state index in [2.05, 4.69) is 10.2 Å². The van der Waals surface area contributed by atoms with Crippen LogP contribution in [0.1, 0.15) is 24.8 Å². The third-order valence-corrected chi connectivity index (χ3v) is 2.95. The van der Waals surface area contributed by atoms with Gasteiger partial charge in [0.2, 0.25) is 5.91 Å². The molecular formula is C15H20N2O6. The minimum absolute atomic E-state index is 0.0372. The maximum atomic E-state index is 11.6. The molecule has 0 heterocycles. The highest BCUT2D eigenvalue weighted by atomic mass is 16.9. The van der Waals surface area contributed by atoms with Crippen molar-refractivity contribution in [2.45, 2.75) is 19.3 Å². The molecule has 0 fully saturated rings. The van der Waals surface area contributed by atoms with Gasteiger partial charge in [-0.25, -0.2) is 0 Å². The first kappa shape index (κ1) is 18.3. The lowest BCUT2D eigenvalue weighted by atomic mass is 10.2. The Bertz CT molecular complexity index is 559. The van der Waals surface area contributed by atoms with E-state index in [0.29, 0.717) is 25.1 Å². The van der Waals surface area contributed by atoms with Gasteiger partial charge in [-0.3, -0.25) is 4.79 Å². The molecule has 0 radical (unpaired) electrons. The van der Waals surface area contributed by atoms with Gasteiger partial charge < -0.3 is 20.0 Å². The fourth-order valence-corrected chi connectivity index (χ4v) is 1.78. The number of unbranched alkanes of at least 4 members (excludes halogenated alkanes) is 2. The molecule has 0 spiro atoms. The monoisotopic (exact) mass is 324 g/mol. The van der Waals surface area contributed by atoms with Gasteiger partial charge in [-0.2, -0.15) is 0 Å². The van der Waals surface area contributed by atoms with Gasteiger partial charge >= 0.3 is 0 Å². The fourth-order valence-electron chi connectivity index (χ4n) is 1.78. The molecule has 0 atom stereocenters. The molecule has 126 valence electrons. The van der Waals surface area contributed by atoms with Gasteiger partial charge in [0.05, 0.1) is 13.7 Å². The van der Waals surface area contributed by atoms with Crippen molar-refractivity contribution in [2.24, 2.45) is 0 Å². The Balaban J connectivity index is 2.24. The number of hydrogen-bond donors (Lipinski definition) is 2. The van der Waals surface area contributed by atoms with E-state index in [9.17, 15) is 20.0 Å². The smallest absolute Gasteiger partial charge is 0.294 e. The summed E-state index contributed by atoms with van der Waals surface area (Å²) < 4.78 is 4.98. The van der Waals surface area contributed by atoms with Gasteiger partial charge in [-0.05, 0) is 43.0 Å². The Labute approximate surface area is 133 Å². The molecule has 0 aliphatic heterocycles. The molecule has 0 saturated carbocycles. The van der Waals surface area contributed by atoms with Crippen molar-refractivity contribution >= 4 is 12.0 Å². The van der Waals surface area contributed by atoms with E-state index in [0.717, 1.165) is 12.0 Å². The van der Waals surface area contributed by atoms with Crippen molar-refractivity contribution in [1.29, 1.82) is 0 Å². The van der Waals surface area contributed by atoms with Crippen LogP contribution in [0.2, 0.25) is 0 Å². The molecule has 0 unspecified atom stereocenters. The van der Waals surface area contributed by atoms with Crippen molar-refractivity contribution in [1.82, 2.24) is 5.32 Å². The number of carbonyl (C=O) groups excluding carboxylic acids is 1. The highest BCUT2D eigenvalue weighted by Crippen LogP contribution is 2.26. The van der Waals surface area contributed by atoms with Crippen molar-refractivity contribution in [3.8, 4) is 11.5 Å². The van der Waals surface area contributed by atoms with E-state index in [1.54, 1.807) is 18.2 Å². The number of phenols is 1. The minimum atomic E-state index is -0.815. The summed E-state index contributed by atoms with van der Waals surface area (Å²) in [6, 6.07) is 4.77. The quantitative estimate of drug-likeness (QED) is 0.294. The first-order valence-corrected chi connectivity index (χ1v) is 7.13. The Morgan fingerprint density at radius 1 is 1.39 bits per heavy atom. The van der Waals surface area contributed by atoms with Gasteiger partial charge in [-0.15, -0.1) is 10.1 Å². The van der Waals surface area contributed by atoms with E-state index in [1.165, 1.54) is 19.3 Å². The molecule has 1 rings (SSSR count). The van der Waals surface area contributed by atoms with Crippen LogP contribution in [-0.2, 0) is 9.63 Å². The standard InChI is InChI=1S/C15H20N2O6/c1-22-14-11-12(5-7-13(14)18)6-8-15(19)16-9-3-2-4-10-23-17(20)21/h5-8,11,18H,2-4,9-10H2,1H3,(H,16,19). The molecule has 8 nitrogen and oxygen atoms in total. The first-order valence-electron chi connectivity index (χ1n) is 7.13. The van der Waals surface area contributed by atoms with Crippen LogP contribution in [0.25, 0.3) is 6.08 Å². The molecule has 0 aromatic heterocycles. The van der Waals surface area contributed by atoms with Gasteiger partial charge in [-0.1, -0.05) is 6.07 Å². The fraction of sp³-hybridized carbons (Fsp3) is 0.400. The number of aromatic hydroxyl groups is 1. The van der Waals surface area contributed by atoms with Crippen LogP contribution in [-0.4, -0.2) is 36.4 Å². The largest absolute Gasteiger partial charge is 0.504 e. The maximum absolute atomic E-state index is 11.6. The van der Waals surface area contributed by atoms with Crippen LogP contribution in [0.3, 0.4) is 0 Å². The Kier molecular flexibility index (Phi) is 7.98. The zero-order valence-electron chi connectivity index (χ0n) is 12.9. The lowest BCUT2D eigenvalue weighted by Gasteiger charge is -2.04. The van der Waals surface area contributed by atoms with Crippen molar-refractivity contribution in [3.63, 3.8) is 0 Å². The number of ether oxygens (including phenoxy) is 1. The molecule has 2 N–H and O–H groups in total. The Hall–Kier alpha value is -2.77. The number of rotatable bonds is 10. The van der Waals surface area contributed by atoms with E-state index < -0.39 is 5.09 Å². The van der Waals surface area contributed by atoms with E-state index in [4.69, 9.17) is 4.74 Å². The minimum Gasteiger partial charge on any atom is -0.504 e. The average Bonchev–Trinajstić information content (AvgIpc) is 2.52. The molecule has 0 aliphatic carbocycles. The van der Waals surface area contributed by atoms with E-state index in [-0.39, 0.29) is 18.3 Å². The summed E-state index contributed by atoms with van der Waals surface area (Å²) in [7, 11) is 1.45. The summed E-state index contributed by atoms with van der Waals surface area (Å²) >= 11 is 0. The predicted molar refractivity (Wildman–Crippen MR) is 83.5 cm³/mol. The average molecular weight is 324 g/mol. The van der Waals surface area contributed by atoms with Crippen LogP contribution < -0.4 is 10.1 Å². The van der Waals surface area contributed by atoms with Crippen LogP contribution >= 0.6 is 0 Å². The van der Waals surface area contributed by atoms with Gasteiger partial charge in [0.15, 0.2) is 11.5 Å². The number of nitrogens with zero attached hydrogens (tertiary/aromatic N) is 1. The number of nitrogens with one attached hydrogen (secondary N) is 1. The number of carbonyl (C=O) groups is 1. The summed E-state index contributed by atoms with van der Waals surface area (Å²) in [5, 5.41) is 21.3. The van der Waals surface area contributed by atoms with Crippen molar-refractivity contribution in [3.05, 3.63) is 40.0 Å². The molecule has 1 amide bonds. The normalized spacial score (nSPS) is 10.5. The topological polar surface area (TPSA) is 111 Å². The molecule has 1 aromatic rings. The molecule has 0 bridgehead atoms. The van der Waals surface area contributed by atoms with E-state index >= 15 is 0 Å². The van der Waals surface area contributed by atoms with Crippen LogP contribution in [0, 0.1) is 10.1 Å². The maximum Gasteiger partial charge on any atom is 0.294 e. The second-order valence-electron chi connectivity index (χ2n) is 4.67. The number of methoxy groups -OCH3 is 1. The summed E-state index contributed by atoms with van der Waals surface area (Å²) in [5.74, 6) is 0.137. The van der Waals surface area contributed by atoms with Crippen molar-refractivity contribution in [2.75, 3.05) is 20.3 Å². The van der Waals surface area contributed by atoms with Gasteiger partial charge in [0, 0.05) is 12.6 Å². The Morgan fingerprint density at radius 3 is 2.87 bits per heavy atom. The second kappa shape index (κ2) is 10.0. The van der Waals surface area contributed by atoms with E-state index in [1.807, 2.05) is 0 Å². The predicted octanol–water partition coefficient (Wildman–Crippen LogP) is 1.91. The summed E-state index contributed by atoms with van der Waals surface area (Å²) in [6.07, 6.45) is 5.02. The van der Waals surface area contributed by atoms with Gasteiger partial charge in [0.1, 0.15) is 0 Å². The van der Waals surface area contributed by atoms with Crippen LogP contribution in [0.15, 0.2) is 24.3 Å². The lowest BCUT2D eigenvalue weighted by Crippen LogP contribution is -2.22. The molecule has 1 aromatic carbocycles. The molecule has 0 saturated heterocycles. The zero-order valence-corrected chi connectivity index (χ0v) is 12.9. The second-order valence-corrected chi connectivity index (χ2v) is 4.67. The number of hydrogen-bond acceptors (Lipinski definition) is 6. The first-order chi connectivity index (χ1) is 11.0.